The topological polar surface area (TPSA) is 54.4 Å². The van der Waals surface area contributed by atoms with Gasteiger partial charge in [-0.2, -0.15) is 0 Å². The Balaban J connectivity index is 3.06. The highest BCUT2D eigenvalue weighted by Gasteiger charge is 1.99. The fourth-order valence-electron chi connectivity index (χ4n) is 1.31. The second-order valence-corrected chi connectivity index (χ2v) is 3.55. The lowest BCUT2D eigenvalue weighted by Crippen LogP contribution is -1.95. The Morgan fingerprint density at radius 1 is 0.929 bits per heavy atom. The van der Waals surface area contributed by atoms with Gasteiger partial charge in [0.1, 0.15) is 5.78 Å². The average molecular weight is 200 g/mol. The molecule has 0 aliphatic heterocycles. The minimum Gasteiger partial charge on any atom is -0.481 e. The van der Waals surface area contributed by atoms with Gasteiger partial charge < -0.3 is 5.11 Å². The molecule has 0 spiro atoms. The molecule has 0 unspecified atom stereocenters. The Morgan fingerprint density at radius 2 is 1.43 bits per heavy atom. The number of carboxylic acids is 1. The molecule has 0 aromatic rings. The summed E-state index contributed by atoms with van der Waals surface area (Å²) >= 11 is 0. The van der Waals surface area contributed by atoms with E-state index in [1.165, 1.54) is 0 Å². The first kappa shape index (κ1) is 13.1. The van der Waals surface area contributed by atoms with E-state index in [9.17, 15) is 9.59 Å². The van der Waals surface area contributed by atoms with Gasteiger partial charge in [-0.05, 0) is 12.8 Å². The molecule has 0 aliphatic carbocycles. The molecule has 0 rings (SSSR count). The number of unbranched alkanes of at least 4 members (excludes halogenated alkanes) is 4. The number of carbonyl (C=O) groups excluding carboxylic acids is 1. The Bertz CT molecular complexity index is 175. The van der Waals surface area contributed by atoms with Crippen molar-refractivity contribution in [3.63, 3.8) is 0 Å². The molecule has 0 saturated heterocycles. The molecule has 0 amide bonds. The summed E-state index contributed by atoms with van der Waals surface area (Å²) in [5.41, 5.74) is 0. The van der Waals surface area contributed by atoms with Crippen LogP contribution in [0, 0.1) is 0 Å². The van der Waals surface area contributed by atoms with Crippen LogP contribution in [-0.2, 0) is 9.59 Å². The third-order valence-corrected chi connectivity index (χ3v) is 2.24. The largest absolute Gasteiger partial charge is 0.481 e. The van der Waals surface area contributed by atoms with Crippen molar-refractivity contribution in [1.29, 1.82) is 0 Å². The van der Waals surface area contributed by atoms with Crippen molar-refractivity contribution in [2.45, 2.75) is 58.3 Å². The van der Waals surface area contributed by atoms with Crippen LogP contribution < -0.4 is 0 Å². The van der Waals surface area contributed by atoms with Gasteiger partial charge >= 0.3 is 5.97 Å². The second-order valence-electron chi connectivity index (χ2n) is 3.55. The van der Waals surface area contributed by atoms with Crippen molar-refractivity contribution in [3.05, 3.63) is 0 Å². The first-order chi connectivity index (χ1) is 6.66. The summed E-state index contributed by atoms with van der Waals surface area (Å²) in [6, 6.07) is 0. The maximum Gasteiger partial charge on any atom is 0.303 e. The van der Waals surface area contributed by atoms with Crippen molar-refractivity contribution in [2.75, 3.05) is 0 Å². The minimum atomic E-state index is -0.717. The number of hydrogen-bond acceptors (Lipinski definition) is 2. The molecular weight excluding hydrogens is 180 g/mol. The molecule has 0 bridgehead atoms. The number of carbonyl (C=O) groups is 2. The number of hydrogen-bond donors (Lipinski definition) is 1. The maximum absolute atomic E-state index is 10.9. The summed E-state index contributed by atoms with van der Waals surface area (Å²) in [5, 5.41) is 8.38. The molecule has 0 atom stereocenters. The molecule has 0 aromatic carbocycles. The molecular formula is C11H20O3. The summed E-state index contributed by atoms with van der Waals surface area (Å²) in [5.74, 6) is -0.387. The molecule has 0 aromatic heterocycles. The normalized spacial score (nSPS) is 10.1. The van der Waals surface area contributed by atoms with E-state index >= 15 is 0 Å². The number of ketones is 1. The Morgan fingerprint density at radius 3 is 1.93 bits per heavy atom. The van der Waals surface area contributed by atoms with Gasteiger partial charge in [0.2, 0.25) is 0 Å². The smallest absolute Gasteiger partial charge is 0.303 e. The molecule has 82 valence electrons. The number of aliphatic carboxylic acids is 1. The van der Waals surface area contributed by atoms with Gasteiger partial charge in [-0.25, -0.2) is 0 Å². The lowest BCUT2D eigenvalue weighted by Gasteiger charge is -1.99. The van der Waals surface area contributed by atoms with E-state index in [0.717, 1.165) is 32.1 Å². The summed E-state index contributed by atoms with van der Waals surface area (Å²) in [4.78, 5) is 21.1. The van der Waals surface area contributed by atoms with Crippen LogP contribution in [-0.4, -0.2) is 16.9 Å². The third kappa shape index (κ3) is 9.23. The highest BCUT2D eigenvalue weighted by Crippen LogP contribution is 2.07. The van der Waals surface area contributed by atoms with Gasteiger partial charge in [0.05, 0.1) is 0 Å². The lowest BCUT2D eigenvalue weighted by molar-refractivity contribution is -0.137. The van der Waals surface area contributed by atoms with E-state index in [1.54, 1.807) is 0 Å². The lowest BCUT2D eigenvalue weighted by atomic mass is 10.1. The van der Waals surface area contributed by atoms with E-state index in [2.05, 4.69) is 0 Å². The molecule has 3 nitrogen and oxygen atoms in total. The van der Waals surface area contributed by atoms with Gasteiger partial charge in [0.15, 0.2) is 0 Å². The Hall–Kier alpha value is -0.860. The number of carboxylic acid groups (broad SMARTS) is 1. The predicted molar refractivity (Wildman–Crippen MR) is 55.3 cm³/mol. The van der Waals surface area contributed by atoms with Crippen LogP contribution in [0.25, 0.3) is 0 Å². The standard InChI is InChI=1S/C11H20O3/c1-2-10(12)8-6-4-3-5-7-9-11(13)14/h2-9H2,1H3,(H,13,14). The Labute approximate surface area is 85.5 Å². The second kappa shape index (κ2) is 8.73. The first-order valence-corrected chi connectivity index (χ1v) is 5.40. The van der Waals surface area contributed by atoms with Crippen molar-refractivity contribution >= 4 is 11.8 Å². The molecule has 3 heteroatoms. The Kier molecular flexibility index (Phi) is 8.19. The van der Waals surface area contributed by atoms with Gasteiger partial charge in [-0.15, -0.1) is 0 Å². The van der Waals surface area contributed by atoms with Crippen molar-refractivity contribution < 1.29 is 14.7 Å². The molecule has 1 N–H and O–H groups in total. The van der Waals surface area contributed by atoms with Crippen LogP contribution in [0.3, 0.4) is 0 Å². The SMILES string of the molecule is CCC(=O)CCCCCCCC(=O)O. The minimum absolute atomic E-state index is 0.272. The highest BCUT2D eigenvalue weighted by atomic mass is 16.4. The number of Topliss-reactive ketones (excluding diaryl/α,β-unsaturated/α-hetero) is 1. The monoisotopic (exact) mass is 200 g/mol. The van der Waals surface area contributed by atoms with Crippen LogP contribution in [0.15, 0.2) is 0 Å². The van der Waals surface area contributed by atoms with Crippen LogP contribution in [0.4, 0.5) is 0 Å². The quantitative estimate of drug-likeness (QED) is 0.582. The van der Waals surface area contributed by atoms with Crippen LogP contribution in [0.5, 0.6) is 0 Å². The molecule has 0 aliphatic rings. The summed E-state index contributed by atoms with van der Waals surface area (Å²) < 4.78 is 0. The molecule has 0 fully saturated rings. The molecule has 0 radical (unpaired) electrons. The zero-order valence-electron chi connectivity index (χ0n) is 8.92. The van der Waals surface area contributed by atoms with Crippen LogP contribution in [0.1, 0.15) is 58.3 Å². The molecule has 0 heterocycles. The van der Waals surface area contributed by atoms with Crippen LogP contribution in [0.2, 0.25) is 0 Å². The predicted octanol–water partition coefficient (Wildman–Crippen LogP) is 2.78. The zero-order chi connectivity index (χ0) is 10.8. The average Bonchev–Trinajstić information content (AvgIpc) is 2.15. The third-order valence-electron chi connectivity index (χ3n) is 2.24. The van der Waals surface area contributed by atoms with Crippen molar-refractivity contribution in [3.8, 4) is 0 Å². The fourth-order valence-corrected chi connectivity index (χ4v) is 1.31. The van der Waals surface area contributed by atoms with Gasteiger partial charge in [-0.1, -0.05) is 26.2 Å². The van der Waals surface area contributed by atoms with Crippen LogP contribution >= 0.6 is 0 Å². The van der Waals surface area contributed by atoms with Crippen molar-refractivity contribution in [1.82, 2.24) is 0 Å². The van der Waals surface area contributed by atoms with E-state index < -0.39 is 5.97 Å². The van der Waals surface area contributed by atoms with Gasteiger partial charge in [0, 0.05) is 19.3 Å². The molecule has 14 heavy (non-hydrogen) atoms. The zero-order valence-corrected chi connectivity index (χ0v) is 8.92. The van der Waals surface area contributed by atoms with E-state index in [0.29, 0.717) is 18.6 Å². The van der Waals surface area contributed by atoms with Crippen molar-refractivity contribution in [2.24, 2.45) is 0 Å². The summed E-state index contributed by atoms with van der Waals surface area (Å²) in [7, 11) is 0. The summed E-state index contributed by atoms with van der Waals surface area (Å²) in [6.07, 6.45) is 6.38. The van der Waals surface area contributed by atoms with Gasteiger partial charge in [0.25, 0.3) is 0 Å². The van der Waals surface area contributed by atoms with E-state index in [4.69, 9.17) is 5.11 Å². The van der Waals surface area contributed by atoms with E-state index in [-0.39, 0.29) is 6.42 Å². The first-order valence-electron chi connectivity index (χ1n) is 5.40. The summed E-state index contributed by atoms with van der Waals surface area (Å²) in [6.45, 7) is 1.88. The fraction of sp³-hybridized carbons (Fsp3) is 0.818. The molecule has 0 saturated carbocycles. The number of rotatable bonds is 9. The maximum atomic E-state index is 10.9. The van der Waals surface area contributed by atoms with Gasteiger partial charge in [-0.3, -0.25) is 9.59 Å². The highest BCUT2D eigenvalue weighted by molar-refractivity contribution is 5.77. The van der Waals surface area contributed by atoms with E-state index in [1.807, 2.05) is 6.92 Å².